The van der Waals surface area contributed by atoms with Gasteiger partial charge < -0.3 is 4.52 Å². The summed E-state index contributed by atoms with van der Waals surface area (Å²) in [7, 11) is 0. The molecule has 0 fully saturated rings. The van der Waals surface area contributed by atoms with E-state index in [1.165, 1.54) is 16.0 Å². The second-order valence-corrected chi connectivity index (χ2v) is 5.02. The summed E-state index contributed by atoms with van der Waals surface area (Å²) in [5.74, 6) is 1.77. The van der Waals surface area contributed by atoms with Crippen LogP contribution in [0.4, 0.5) is 0 Å². The van der Waals surface area contributed by atoms with E-state index in [2.05, 4.69) is 37.2 Å². The first kappa shape index (κ1) is 11.3. The van der Waals surface area contributed by atoms with E-state index in [9.17, 15) is 0 Å². The number of thioether (sulfide) groups is 1. The molecule has 0 spiro atoms. The van der Waals surface area contributed by atoms with Gasteiger partial charge in [0, 0.05) is 11.0 Å². The first-order chi connectivity index (χ1) is 7.65. The van der Waals surface area contributed by atoms with Crippen LogP contribution in [0.2, 0.25) is 0 Å². The van der Waals surface area contributed by atoms with Gasteiger partial charge in [-0.15, -0.1) is 11.8 Å². The summed E-state index contributed by atoms with van der Waals surface area (Å²) in [6, 6.07) is 8.50. The topological polar surface area (TPSA) is 26.0 Å². The molecule has 0 atom stereocenters. The Kier molecular flexibility index (Phi) is 3.34. The Hall–Kier alpha value is -1.22. The Morgan fingerprint density at radius 1 is 1.12 bits per heavy atom. The van der Waals surface area contributed by atoms with Crippen LogP contribution in [-0.2, 0) is 5.75 Å². The van der Waals surface area contributed by atoms with Gasteiger partial charge in [0.15, 0.2) is 0 Å². The maximum Gasteiger partial charge on any atom is 0.147 e. The lowest BCUT2D eigenvalue weighted by Crippen LogP contribution is -1.82. The molecule has 2 rings (SSSR count). The smallest absolute Gasteiger partial charge is 0.147 e. The molecular weight excluding hydrogens is 218 g/mol. The van der Waals surface area contributed by atoms with Gasteiger partial charge in [-0.2, -0.15) is 0 Å². The van der Waals surface area contributed by atoms with Gasteiger partial charge in [0.05, 0.1) is 11.4 Å². The number of hydrogen-bond acceptors (Lipinski definition) is 3. The molecular formula is C13H15NOS. The van der Waals surface area contributed by atoms with Crippen molar-refractivity contribution in [3.05, 3.63) is 46.8 Å². The molecule has 1 heterocycles. The summed E-state index contributed by atoms with van der Waals surface area (Å²) >= 11 is 1.78. The lowest BCUT2D eigenvalue weighted by atomic mass is 10.1. The molecule has 0 saturated carbocycles. The Morgan fingerprint density at radius 2 is 1.94 bits per heavy atom. The fourth-order valence-electron chi connectivity index (χ4n) is 1.44. The number of aryl methyl sites for hydroxylation is 3. The first-order valence-electron chi connectivity index (χ1n) is 5.27. The Bertz CT molecular complexity index is 490. The van der Waals surface area contributed by atoms with Gasteiger partial charge in [-0.3, -0.25) is 0 Å². The maximum atomic E-state index is 5.17. The number of nitrogens with zero attached hydrogens (tertiary/aromatic N) is 1. The average molecular weight is 233 g/mol. The predicted molar refractivity (Wildman–Crippen MR) is 66.7 cm³/mol. The molecule has 2 aromatic rings. The summed E-state index contributed by atoms with van der Waals surface area (Å²) in [4.78, 5) is 1.28. The van der Waals surface area contributed by atoms with Crippen molar-refractivity contribution in [1.29, 1.82) is 0 Å². The maximum absolute atomic E-state index is 5.17. The normalized spacial score (nSPS) is 10.7. The number of benzene rings is 1. The van der Waals surface area contributed by atoms with Crippen LogP contribution in [0, 0.1) is 20.8 Å². The van der Waals surface area contributed by atoms with Crippen molar-refractivity contribution in [3.63, 3.8) is 0 Å². The minimum atomic E-state index is 0.837. The highest BCUT2D eigenvalue weighted by molar-refractivity contribution is 7.98. The second kappa shape index (κ2) is 4.74. The van der Waals surface area contributed by atoms with Crippen molar-refractivity contribution >= 4 is 11.8 Å². The molecule has 0 amide bonds. The van der Waals surface area contributed by atoms with Crippen molar-refractivity contribution in [3.8, 4) is 0 Å². The molecule has 84 valence electrons. The van der Waals surface area contributed by atoms with Gasteiger partial charge in [-0.25, -0.2) is 0 Å². The molecule has 1 aromatic carbocycles. The van der Waals surface area contributed by atoms with Crippen molar-refractivity contribution in [2.45, 2.75) is 31.4 Å². The SMILES string of the molecule is Cc1cc(CSc2ccc(C)c(C)c2)on1. The molecule has 1 aromatic heterocycles. The molecule has 16 heavy (non-hydrogen) atoms. The summed E-state index contributed by atoms with van der Waals surface area (Å²) in [5, 5.41) is 3.87. The molecule has 0 aliphatic heterocycles. The van der Waals surface area contributed by atoms with Crippen LogP contribution in [0.5, 0.6) is 0 Å². The van der Waals surface area contributed by atoms with E-state index < -0.39 is 0 Å². The molecule has 0 aliphatic rings. The van der Waals surface area contributed by atoms with E-state index in [0.29, 0.717) is 0 Å². The minimum Gasteiger partial charge on any atom is -0.360 e. The van der Waals surface area contributed by atoms with E-state index in [-0.39, 0.29) is 0 Å². The zero-order chi connectivity index (χ0) is 11.5. The third-order valence-corrected chi connectivity index (χ3v) is 3.55. The molecule has 2 nitrogen and oxygen atoms in total. The van der Waals surface area contributed by atoms with E-state index >= 15 is 0 Å². The summed E-state index contributed by atoms with van der Waals surface area (Å²) in [6.07, 6.45) is 0. The molecule has 3 heteroatoms. The van der Waals surface area contributed by atoms with Crippen LogP contribution in [0.1, 0.15) is 22.6 Å². The third-order valence-electron chi connectivity index (χ3n) is 2.54. The molecule has 0 aliphatic carbocycles. The molecule has 0 N–H and O–H groups in total. The summed E-state index contributed by atoms with van der Waals surface area (Å²) in [6.45, 7) is 6.20. The van der Waals surface area contributed by atoms with E-state index in [0.717, 1.165) is 17.2 Å². The predicted octanol–water partition coefficient (Wildman–Crippen LogP) is 3.89. The highest BCUT2D eigenvalue weighted by atomic mass is 32.2. The van der Waals surface area contributed by atoms with Gasteiger partial charge in [-0.1, -0.05) is 11.2 Å². The van der Waals surface area contributed by atoms with Crippen molar-refractivity contribution in [2.75, 3.05) is 0 Å². The van der Waals surface area contributed by atoms with Crippen molar-refractivity contribution in [1.82, 2.24) is 5.16 Å². The van der Waals surface area contributed by atoms with E-state index in [4.69, 9.17) is 4.52 Å². The monoisotopic (exact) mass is 233 g/mol. The zero-order valence-electron chi connectivity index (χ0n) is 9.78. The fourth-order valence-corrected chi connectivity index (χ4v) is 2.31. The van der Waals surface area contributed by atoms with Gasteiger partial charge in [0.25, 0.3) is 0 Å². The number of rotatable bonds is 3. The second-order valence-electron chi connectivity index (χ2n) is 3.97. The Morgan fingerprint density at radius 3 is 2.56 bits per heavy atom. The lowest BCUT2D eigenvalue weighted by Gasteiger charge is -2.03. The van der Waals surface area contributed by atoms with Gasteiger partial charge >= 0.3 is 0 Å². The Labute approximate surface area is 100 Å². The van der Waals surface area contributed by atoms with Gasteiger partial charge in [0.2, 0.25) is 0 Å². The van der Waals surface area contributed by atoms with E-state index in [1.807, 2.05) is 13.0 Å². The highest BCUT2D eigenvalue weighted by Gasteiger charge is 2.02. The largest absolute Gasteiger partial charge is 0.360 e. The van der Waals surface area contributed by atoms with Crippen LogP contribution in [0.25, 0.3) is 0 Å². The van der Waals surface area contributed by atoms with E-state index in [1.54, 1.807) is 11.8 Å². The number of aromatic nitrogens is 1. The molecule has 0 radical (unpaired) electrons. The highest BCUT2D eigenvalue weighted by Crippen LogP contribution is 2.24. The Balaban J connectivity index is 2.02. The molecule has 0 bridgehead atoms. The van der Waals surface area contributed by atoms with Crippen molar-refractivity contribution < 1.29 is 4.52 Å². The summed E-state index contributed by atoms with van der Waals surface area (Å²) in [5.41, 5.74) is 3.61. The van der Waals surface area contributed by atoms with Gasteiger partial charge in [-0.05, 0) is 44.0 Å². The fraction of sp³-hybridized carbons (Fsp3) is 0.308. The standard InChI is InChI=1S/C13H15NOS/c1-9-4-5-13(6-10(9)2)16-8-12-7-11(3)14-15-12/h4-7H,8H2,1-3H3. The van der Waals surface area contributed by atoms with Crippen LogP contribution < -0.4 is 0 Å². The van der Waals surface area contributed by atoms with Crippen LogP contribution >= 0.6 is 11.8 Å². The first-order valence-corrected chi connectivity index (χ1v) is 6.26. The zero-order valence-corrected chi connectivity index (χ0v) is 10.6. The summed E-state index contributed by atoms with van der Waals surface area (Å²) < 4.78 is 5.17. The molecule has 0 unspecified atom stereocenters. The third kappa shape index (κ3) is 2.67. The lowest BCUT2D eigenvalue weighted by molar-refractivity contribution is 0.391. The minimum absolute atomic E-state index is 0.837. The molecule has 0 saturated heterocycles. The van der Waals surface area contributed by atoms with Crippen LogP contribution in [-0.4, -0.2) is 5.16 Å². The van der Waals surface area contributed by atoms with Crippen LogP contribution in [0.15, 0.2) is 33.7 Å². The van der Waals surface area contributed by atoms with Crippen molar-refractivity contribution in [2.24, 2.45) is 0 Å². The average Bonchev–Trinajstić information content (AvgIpc) is 2.66. The van der Waals surface area contributed by atoms with Gasteiger partial charge in [0.1, 0.15) is 5.76 Å². The quantitative estimate of drug-likeness (QED) is 0.752. The number of hydrogen-bond donors (Lipinski definition) is 0. The van der Waals surface area contributed by atoms with Crippen LogP contribution in [0.3, 0.4) is 0 Å².